The van der Waals surface area contributed by atoms with Gasteiger partial charge in [0.05, 0.1) is 17.7 Å². The summed E-state index contributed by atoms with van der Waals surface area (Å²) in [6, 6.07) is 17.6. The molecule has 2 heterocycles. The highest BCUT2D eigenvalue weighted by Crippen LogP contribution is 2.40. The predicted molar refractivity (Wildman–Crippen MR) is 137 cm³/mol. The number of aromatic amines is 1. The number of nitrogens with one attached hydrogen (secondary N) is 1. The first-order valence-electron chi connectivity index (χ1n) is 12.6. The van der Waals surface area contributed by atoms with Crippen LogP contribution in [0.25, 0.3) is 11.1 Å². The van der Waals surface area contributed by atoms with E-state index < -0.39 is 5.41 Å². The zero-order chi connectivity index (χ0) is 25.3. The van der Waals surface area contributed by atoms with E-state index in [1.165, 1.54) is 24.7 Å². The number of aromatic nitrogens is 2. The number of hydrogen-bond donors (Lipinski definition) is 1. The Hall–Kier alpha value is -3.74. The quantitative estimate of drug-likeness (QED) is 0.423. The minimum atomic E-state index is -1.20. The number of H-pyrrole nitrogens is 1. The van der Waals surface area contributed by atoms with Crippen molar-refractivity contribution < 1.29 is 14.4 Å². The molecule has 36 heavy (non-hydrogen) atoms. The Morgan fingerprint density at radius 3 is 2.39 bits per heavy atom. The summed E-state index contributed by atoms with van der Waals surface area (Å²) < 4.78 is 0. The van der Waals surface area contributed by atoms with Crippen molar-refractivity contribution in [1.29, 1.82) is 0 Å². The van der Waals surface area contributed by atoms with Crippen molar-refractivity contribution in [3.8, 4) is 11.1 Å². The fourth-order valence-electron chi connectivity index (χ4n) is 5.53. The summed E-state index contributed by atoms with van der Waals surface area (Å²) >= 11 is 0. The Kier molecular flexibility index (Phi) is 6.48. The Bertz CT molecular complexity index is 1280. The van der Waals surface area contributed by atoms with E-state index in [0.717, 1.165) is 47.4 Å². The van der Waals surface area contributed by atoms with Gasteiger partial charge in [0.25, 0.3) is 0 Å². The van der Waals surface area contributed by atoms with Crippen molar-refractivity contribution in [2.75, 3.05) is 14.1 Å². The van der Waals surface area contributed by atoms with Gasteiger partial charge in [0, 0.05) is 32.6 Å². The van der Waals surface area contributed by atoms with Crippen LogP contribution < -0.4 is 0 Å². The van der Waals surface area contributed by atoms with E-state index in [0.29, 0.717) is 12.1 Å². The van der Waals surface area contributed by atoms with Crippen LogP contribution in [0.5, 0.6) is 0 Å². The molecule has 2 aliphatic rings. The number of rotatable bonds is 6. The fourth-order valence-corrected chi connectivity index (χ4v) is 5.53. The number of hydrogen-bond acceptors (Lipinski definition) is 4. The lowest BCUT2D eigenvalue weighted by Gasteiger charge is -2.29. The molecule has 0 saturated carbocycles. The molecule has 1 fully saturated rings. The van der Waals surface area contributed by atoms with Crippen molar-refractivity contribution in [2.45, 2.75) is 56.9 Å². The van der Waals surface area contributed by atoms with Crippen LogP contribution in [0.1, 0.15) is 54.6 Å². The number of likely N-dealkylation sites (tertiary alicyclic amines) is 1. The maximum Gasteiger partial charge on any atom is 0.240 e. The maximum atomic E-state index is 13.5. The summed E-state index contributed by atoms with van der Waals surface area (Å²) in [6.45, 7) is 0.381. The van der Waals surface area contributed by atoms with E-state index in [1.54, 1.807) is 11.9 Å². The Morgan fingerprint density at radius 1 is 1.00 bits per heavy atom. The van der Waals surface area contributed by atoms with Gasteiger partial charge in [-0.1, -0.05) is 61.0 Å². The third kappa shape index (κ3) is 4.34. The van der Waals surface area contributed by atoms with Crippen LogP contribution in [-0.2, 0) is 39.2 Å². The molecule has 7 heteroatoms. The van der Waals surface area contributed by atoms with Crippen molar-refractivity contribution in [1.82, 2.24) is 20.0 Å². The van der Waals surface area contributed by atoms with Gasteiger partial charge in [0.1, 0.15) is 0 Å². The summed E-state index contributed by atoms with van der Waals surface area (Å²) in [4.78, 5) is 42.3. The highest BCUT2D eigenvalue weighted by Gasteiger charge is 2.52. The first kappa shape index (κ1) is 24.0. The molecule has 1 saturated heterocycles. The van der Waals surface area contributed by atoms with Crippen LogP contribution in [0.2, 0.25) is 0 Å². The summed E-state index contributed by atoms with van der Waals surface area (Å²) in [7, 11) is 3.25. The van der Waals surface area contributed by atoms with E-state index in [1.807, 2.05) is 54.6 Å². The fraction of sp³-hybridized carbons (Fsp3) is 0.379. The van der Waals surface area contributed by atoms with Crippen LogP contribution in [-0.4, -0.2) is 51.8 Å². The zero-order valence-corrected chi connectivity index (χ0v) is 20.9. The molecule has 3 amide bonds. The van der Waals surface area contributed by atoms with Gasteiger partial charge in [0.2, 0.25) is 17.7 Å². The molecule has 1 aliphatic heterocycles. The van der Waals surface area contributed by atoms with Gasteiger partial charge < -0.3 is 4.90 Å². The Balaban J connectivity index is 1.40. The zero-order valence-electron chi connectivity index (χ0n) is 20.9. The molecule has 0 radical (unpaired) electrons. The average molecular weight is 485 g/mol. The Labute approximate surface area is 211 Å². The molecular formula is C29H32N4O3. The van der Waals surface area contributed by atoms with Crippen LogP contribution in [0, 0.1) is 0 Å². The molecule has 1 aliphatic carbocycles. The molecule has 7 nitrogen and oxygen atoms in total. The lowest BCUT2D eigenvalue weighted by Crippen LogP contribution is -2.41. The smallest absolute Gasteiger partial charge is 0.240 e. The highest BCUT2D eigenvalue weighted by atomic mass is 16.2. The first-order chi connectivity index (χ1) is 17.4. The molecular weight excluding hydrogens is 452 g/mol. The number of amides is 3. The summed E-state index contributed by atoms with van der Waals surface area (Å²) in [5, 5.41) is 7.66. The number of fused-ring (bicyclic) bond motifs is 1. The molecule has 1 unspecified atom stereocenters. The van der Waals surface area contributed by atoms with Crippen molar-refractivity contribution in [3.63, 3.8) is 0 Å². The molecule has 2 aromatic carbocycles. The number of nitrogens with zero attached hydrogens (tertiary/aromatic N) is 3. The van der Waals surface area contributed by atoms with Gasteiger partial charge in [0.15, 0.2) is 0 Å². The molecule has 3 aromatic rings. The molecule has 0 bridgehead atoms. The molecule has 1 N–H and O–H groups in total. The van der Waals surface area contributed by atoms with Crippen LogP contribution in [0.3, 0.4) is 0 Å². The second-order valence-electron chi connectivity index (χ2n) is 10.1. The predicted octanol–water partition coefficient (Wildman–Crippen LogP) is 4.02. The summed E-state index contributed by atoms with van der Waals surface area (Å²) in [6.07, 6.45) is 5.37. The number of carbonyl (C=O) groups excluding carboxylic acids is 3. The largest absolute Gasteiger partial charge is 0.340 e. The SMILES string of the molecule is CN(Cc1n[nH]c2c1CCCCC2)C(=O)CC1(c2ccc(-c3ccccc3)cc2)CC(=O)N(C)C1=O. The molecule has 1 atom stereocenters. The van der Waals surface area contributed by atoms with Gasteiger partial charge in [-0.05, 0) is 47.9 Å². The van der Waals surface area contributed by atoms with E-state index in [4.69, 9.17) is 0 Å². The van der Waals surface area contributed by atoms with Crippen LogP contribution >= 0.6 is 0 Å². The minimum Gasteiger partial charge on any atom is -0.340 e. The molecule has 0 spiro atoms. The third-order valence-corrected chi connectivity index (χ3v) is 7.74. The van der Waals surface area contributed by atoms with Crippen LogP contribution in [0.4, 0.5) is 0 Å². The van der Waals surface area contributed by atoms with Gasteiger partial charge in [-0.25, -0.2) is 0 Å². The van der Waals surface area contributed by atoms with Gasteiger partial charge in [-0.15, -0.1) is 0 Å². The van der Waals surface area contributed by atoms with E-state index in [2.05, 4.69) is 10.2 Å². The number of benzene rings is 2. The number of carbonyl (C=O) groups is 3. The third-order valence-electron chi connectivity index (χ3n) is 7.74. The summed E-state index contributed by atoms with van der Waals surface area (Å²) in [5.41, 5.74) is 4.88. The monoisotopic (exact) mass is 484 g/mol. The van der Waals surface area contributed by atoms with Gasteiger partial charge in [-0.2, -0.15) is 5.10 Å². The number of imide groups is 1. The summed E-state index contributed by atoms with van der Waals surface area (Å²) in [5.74, 6) is -0.764. The lowest BCUT2D eigenvalue weighted by molar-refractivity contribution is -0.141. The minimum absolute atomic E-state index is 0.00952. The van der Waals surface area contributed by atoms with Crippen LogP contribution in [0.15, 0.2) is 54.6 Å². The number of aryl methyl sites for hydroxylation is 1. The van der Waals surface area contributed by atoms with Crippen molar-refractivity contribution in [3.05, 3.63) is 77.1 Å². The van der Waals surface area contributed by atoms with E-state index >= 15 is 0 Å². The van der Waals surface area contributed by atoms with Crippen molar-refractivity contribution in [2.24, 2.45) is 0 Å². The lowest BCUT2D eigenvalue weighted by atomic mass is 9.75. The Morgan fingerprint density at radius 2 is 1.69 bits per heavy atom. The van der Waals surface area contributed by atoms with Gasteiger partial charge >= 0.3 is 0 Å². The highest BCUT2D eigenvalue weighted by molar-refractivity contribution is 6.10. The van der Waals surface area contributed by atoms with Gasteiger partial charge in [-0.3, -0.25) is 24.4 Å². The standard InChI is InChI=1S/C29H32N4O3/c1-32(19-25-23-11-7-4-8-12-24(23)30-31-25)26(34)17-29(18-27(35)33(2)28(29)36)22-15-13-21(14-16-22)20-9-5-3-6-10-20/h3,5-6,9-10,13-16H,4,7-8,11-12,17-19H2,1-2H3,(H,30,31). The first-order valence-corrected chi connectivity index (χ1v) is 12.6. The van der Waals surface area contributed by atoms with E-state index in [-0.39, 0.29) is 30.6 Å². The molecule has 5 rings (SSSR count). The second kappa shape index (κ2) is 9.72. The molecule has 186 valence electrons. The van der Waals surface area contributed by atoms with Crippen molar-refractivity contribution >= 4 is 17.7 Å². The topological polar surface area (TPSA) is 86.4 Å². The normalized spacial score (nSPS) is 19.8. The molecule has 1 aromatic heterocycles. The second-order valence-corrected chi connectivity index (χ2v) is 10.1. The van der Waals surface area contributed by atoms with E-state index in [9.17, 15) is 14.4 Å². The average Bonchev–Trinajstić information content (AvgIpc) is 3.24. The number of likely N-dealkylation sites (N-methyl/N-ethyl adjacent to an activating group) is 1. The maximum absolute atomic E-state index is 13.5.